The van der Waals surface area contributed by atoms with Crippen molar-refractivity contribution in [2.75, 3.05) is 20.1 Å². The molecule has 0 saturated carbocycles. The average Bonchev–Trinajstić information content (AvgIpc) is 2.65. The highest BCUT2D eigenvalue weighted by Gasteiger charge is 2.32. The summed E-state index contributed by atoms with van der Waals surface area (Å²) in [6, 6.07) is 2.08. The molecule has 0 radical (unpaired) electrons. The van der Waals surface area contributed by atoms with Crippen LogP contribution in [0.3, 0.4) is 0 Å². The Balaban J connectivity index is 2.34. The summed E-state index contributed by atoms with van der Waals surface area (Å²) in [5.41, 5.74) is 5.94. The van der Waals surface area contributed by atoms with Crippen LogP contribution in [0.15, 0.2) is 12.1 Å². The van der Waals surface area contributed by atoms with E-state index in [2.05, 4.69) is 0 Å². The van der Waals surface area contributed by atoms with Crippen LogP contribution in [-0.4, -0.2) is 25.0 Å². The summed E-state index contributed by atoms with van der Waals surface area (Å²) in [6.45, 7) is 1.36. The summed E-state index contributed by atoms with van der Waals surface area (Å²) in [5.74, 6) is -0.704. The van der Waals surface area contributed by atoms with E-state index in [1.807, 2.05) is 11.9 Å². The molecule has 0 spiro atoms. The molecule has 1 aromatic rings. The number of benzene rings is 1. The molecule has 0 bridgehead atoms. The summed E-state index contributed by atoms with van der Waals surface area (Å²) in [7, 11) is 1.89. The Morgan fingerprint density at radius 2 is 2.18 bits per heavy atom. The Morgan fingerprint density at radius 3 is 2.76 bits per heavy atom. The van der Waals surface area contributed by atoms with Crippen LogP contribution in [-0.2, 0) is 0 Å². The van der Waals surface area contributed by atoms with E-state index in [0.29, 0.717) is 18.0 Å². The van der Waals surface area contributed by atoms with Crippen molar-refractivity contribution in [2.24, 2.45) is 11.7 Å². The smallest absolute Gasteiger partial charge is 0.146 e. The third kappa shape index (κ3) is 2.44. The predicted octanol–water partition coefficient (Wildman–Crippen LogP) is 2.57. The third-order valence-electron chi connectivity index (χ3n) is 3.35. The van der Waals surface area contributed by atoms with E-state index in [-0.39, 0.29) is 11.1 Å². The minimum absolute atomic E-state index is 0.142. The van der Waals surface area contributed by atoms with Gasteiger partial charge in [-0.15, -0.1) is 0 Å². The topological polar surface area (TPSA) is 29.3 Å². The van der Waals surface area contributed by atoms with E-state index < -0.39 is 11.6 Å². The summed E-state index contributed by atoms with van der Waals surface area (Å²) in [6.07, 6.45) is 0.740. The van der Waals surface area contributed by atoms with Gasteiger partial charge in [0, 0.05) is 18.2 Å². The Hall–Kier alpha value is -0.710. The Bertz CT molecular complexity index is 425. The molecule has 17 heavy (non-hydrogen) atoms. The van der Waals surface area contributed by atoms with Gasteiger partial charge in [-0.2, -0.15) is 0 Å². The molecule has 1 aliphatic rings. The van der Waals surface area contributed by atoms with Gasteiger partial charge in [-0.1, -0.05) is 11.6 Å². The molecule has 2 rings (SSSR count). The zero-order valence-corrected chi connectivity index (χ0v) is 10.3. The number of likely N-dealkylation sites (tertiary alicyclic amines) is 1. The van der Waals surface area contributed by atoms with E-state index in [9.17, 15) is 8.78 Å². The molecule has 1 heterocycles. The number of nitrogens with two attached hydrogens (primary N) is 1. The quantitative estimate of drug-likeness (QED) is 0.828. The summed E-state index contributed by atoms with van der Waals surface area (Å²) in [4.78, 5) is 1.99. The molecule has 94 valence electrons. The zero-order valence-electron chi connectivity index (χ0n) is 9.59. The Kier molecular flexibility index (Phi) is 3.66. The van der Waals surface area contributed by atoms with E-state index >= 15 is 0 Å². The fraction of sp³-hybridized carbons (Fsp3) is 0.500. The molecule has 2 nitrogen and oxygen atoms in total. The van der Waals surface area contributed by atoms with Gasteiger partial charge < -0.3 is 5.73 Å². The van der Waals surface area contributed by atoms with Gasteiger partial charge in [0.25, 0.3) is 0 Å². The van der Waals surface area contributed by atoms with Gasteiger partial charge in [0.15, 0.2) is 0 Å². The molecule has 5 heteroatoms. The molecule has 1 saturated heterocycles. The molecule has 1 aliphatic heterocycles. The number of hydrogen-bond acceptors (Lipinski definition) is 2. The lowest BCUT2D eigenvalue weighted by molar-refractivity contribution is 0.306. The van der Waals surface area contributed by atoms with Crippen molar-refractivity contribution < 1.29 is 8.78 Å². The summed E-state index contributed by atoms with van der Waals surface area (Å²) >= 11 is 5.66. The van der Waals surface area contributed by atoms with Gasteiger partial charge in [-0.25, -0.2) is 8.78 Å². The first-order valence-electron chi connectivity index (χ1n) is 5.57. The largest absolute Gasteiger partial charge is 0.330 e. The lowest BCUT2D eigenvalue weighted by atomic mass is 9.99. The van der Waals surface area contributed by atoms with E-state index in [1.165, 1.54) is 6.07 Å². The maximum atomic E-state index is 13.9. The zero-order chi connectivity index (χ0) is 12.6. The van der Waals surface area contributed by atoms with Crippen LogP contribution in [0.5, 0.6) is 0 Å². The molecule has 2 unspecified atom stereocenters. The summed E-state index contributed by atoms with van der Waals surface area (Å²) < 4.78 is 27.2. The molecule has 1 aromatic carbocycles. The van der Waals surface area contributed by atoms with Crippen LogP contribution in [0.4, 0.5) is 8.78 Å². The van der Waals surface area contributed by atoms with Gasteiger partial charge in [-0.3, -0.25) is 4.90 Å². The highest BCUT2D eigenvalue weighted by Crippen LogP contribution is 2.36. The maximum absolute atomic E-state index is 13.9. The van der Waals surface area contributed by atoms with Gasteiger partial charge >= 0.3 is 0 Å². The van der Waals surface area contributed by atoms with Crippen molar-refractivity contribution in [3.63, 3.8) is 0 Å². The monoisotopic (exact) mass is 260 g/mol. The summed E-state index contributed by atoms with van der Waals surface area (Å²) in [5, 5.41) is -0.162. The van der Waals surface area contributed by atoms with Crippen molar-refractivity contribution in [3.8, 4) is 0 Å². The van der Waals surface area contributed by atoms with Gasteiger partial charge in [0.1, 0.15) is 11.6 Å². The third-order valence-corrected chi connectivity index (χ3v) is 3.62. The average molecular weight is 261 g/mol. The highest BCUT2D eigenvalue weighted by molar-refractivity contribution is 6.30. The Labute approximate surface area is 104 Å². The van der Waals surface area contributed by atoms with Crippen molar-refractivity contribution >= 4 is 11.6 Å². The number of nitrogens with zero attached hydrogens (tertiary/aromatic N) is 1. The van der Waals surface area contributed by atoms with Gasteiger partial charge in [0.05, 0.1) is 5.02 Å². The SMILES string of the molecule is CN1CC(CN)CC1c1cc(F)cc(Cl)c1F. The molecule has 0 amide bonds. The molecule has 1 fully saturated rings. The first-order chi connectivity index (χ1) is 8.02. The number of rotatable bonds is 2. The molecular formula is C12H15ClF2N2. The molecule has 0 aliphatic carbocycles. The van der Waals surface area contributed by atoms with Gasteiger partial charge in [0.2, 0.25) is 0 Å². The van der Waals surface area contributed by atoms with E-state index in [4.69, 9.17) is 17.3 Å². The van der Waals surface area contributed by atoms with E-state index in [1.54, 1.807) is 0 Å². The van der Waals surface area contributed by atoms with Crippen molar-refractivity contribution in [3.05, 3.63) is 34.4 Å². The second-order valence-electron chi connectivity index (χ2n) is 4.58. The van der Waals surface area contributed by atoms with Crippen molar-refractivity contribution in [2.45, 2.75) is 12.5 Å². The minimum Gasteiger partial charge on any atom is -0.330 e. The minimum atomic E-state index is -0.525. The van der Waals surface area contributed by atoms with Gasteiger partial charge in [-0.05, 0) is 38.1 Å². The van der Waals surface area contributed by atoms with Crippen molar-refractivity contribution in [1.82, 2.24) is 4.90 Å². The van der Waals surface area contributed by atoms with Crippen LogP contribution in [0, 0.1) is 17.6 Å². The first kappa shape index (κ1) is 12.7. The molecular weight excluding hydrogens is 246 g/mol. The standard InChI is InChI=1S/C12H15ClF2N2/c1-17-6-7(5-16)2-11(17)9-3-8(14)4-10(13)12(9)15/h3-4,7,11H,2,5-6,16H2,1H3. The van der Waals surface area contributed by atoms with Crippen LogP contribution in [0.1, 0.15) is 18.0 Å². The molecule has 2 N–H and O–H groups in total. The Morgan fingerprint density at radius 1 is 1.47 bits per heavy atom. The van der Waals surface area contributed by atoms with E-state index in [0.717, 1.165) is 19.0 Å². The lowest BCUT2D eigenvalue weighted by Gasteiger charge is -2.20. The highest BCUT2D eigenvalue weighted by atomic mass is 35.5. The molecule has 0 aromatic heterocycles. The van der Waals surface area contributed by atoms with Crippen LogP contribution >= 0.6 is 11.6 Å². The van der Waals surface area contributed by atoms with Crippen LogP contribution in [0.2, 0.25) is 5.02 Å². The normalized spacial score (nSPS) is 25.5. The number of hydrogen-bond donors (Lipinski definition) is 1. The second-order valence-corrected chi connectivity index (χ2v) is 4.99. The fourth-order valence-electron chi connectivity index (χ4n) is 2.46. The molecule has 2 atom stereocenters. The predicted molar refractivity (Wildman–Crippen MR) is 63.9 cm³/mol. The number of halogens is 3. The maximum Gasteiger partial charge on any atom is 0.146 e. The first-order valence-corrected chi connectivity index (χ1v) is 5.95. The van der Waals surface area contributed by atoms with Crippen LogP contribution < -0.4 is 5.73 Å². The second kappa shape index (κ2) is 4.88. The fourth-order valence-corrected chi connectivity index (χ4v) is 2.67. The van der Waals surface area contributed by atoms with Crippen LogP contribution in [0.25, 0.3) is 0 Å². The lowest BCUT2D eigenvalue weighted by Crippen LogP contribution is -2.21. The van der Waals surface area contributed by atoms with Crippen molar-refractivity contribution in [1.29, 1.82) is 0 Å².